The molecule has 1 saturated carbocycles. The molecule has 0 spiro atoms. The van der Waals surface area contributed by atoms with Gasteiger partial charge in [0.1, 0.15) is 5.78 Å². The minimum Gasteiger partial charge on any atom is -0.299 e. The molecule has 1 heteroatoms. The van der Waals surface area contributed by atoms with Crippen molar-refractivity contribution in [2.75, 3.05) is 0 Å². The summed E-state index contributed by atoms with van der Waals surface area (Å²) in [5, 5.41) is 0. The SMILES string of the molecule is C=C(CCCC)C1C(=O)[C@H]2CCC=C[C@@H]12. The number of hydrogen-bond acceptors (Lipinski definition) is 1. The highest BCUT2D eigenvalue weighted by Gasteiger charge is 2.49. The number of carbonyl (C=O) groups excluding carboxylic acids is 1. The van der Waals surface area contributed by atoms with Crippen molar-refractivity contribution in [3.05, 3.63) is 24.3 Å². The first-order chi connectivity index (χ1) is 7.25. The van der Waals surface area contributed by atoms with E-state index in [1.807, 2.05) is 0 Å². The third-order valence-corrected chi connectivity index (χ3v) is 3.82. The monoisotopic (exact) mass is 204 g/mol. The highest BCUT2D eigenvalue weighted by atomic mass is 16.1. The topological polar surface area (TPSA) is 17.1 Å². The Morgan fingerprint density at radius 3 is 3.13 bits per heavy atom. The van der Waals surface area contributed by atoms with Gasteiger partial charge in [-0.1, -0.05) is 37.6 Å². The minimum absolute atomic E-state index is 0.165. The van der Waals surface area contributed by atoms with E-state index in [0.717, 1.165) is 19.3 Å². The average Bonchev–Trinajstić information content (AvgIpc) is 2.26. The lowest BCUT2D eigenvalue weighted by Crippen LogP contribution is -2.48. The van der Waals surface area contributed by atoms with E-state index in [2.05, 4.69) is 25.7 Å². The van der Waals surface area contributed by atoms with Gasteiger partial charge >= 0.3 is 0 Å². The zero-order valence-corrected chi connectivity index (χ0v) is 9.54. The first-order valence-corrected chi connectivity index (χ1v) is 6.13. The van der Waals surface area contributed by atoms with Crippen molar-refractivity contribution in [1.29, 1.82) is 0 Å². The van der Waals surface area contributed by atoms with Gasteiger partial charge < -0.3 is 0 Å². The Hall–Kier alpha value is -0.850. The summed E-state index contributed by atoms with van der Waals surface area (Å²) in [7, 11) is 0. The van der Waals surface area contributed by atoms with E-state index >= 15 is 0 Å². The molecule has 0 bridgehead atoms. The first kappa shape index (κ1) is 10.7. The number of allylic oxidation sites excluding steroid dienone is 3. The van der Waals surface area contributed by atoms with Crippen LogP contribution >= 0.6 is 0 Å². The summed E-state index contributed by atoms with van der Waals surface area (Å²) in [5.41, 5.74) is 1.18. The molecule has 2 aliphatic carbocycles. The Morgan fingerprint density at radius 1 is 1.60 bits per heavy atom. The molecule has 0 aromatic carbocycles. The highest BCUT2D eigenvalue weighted by Crippen LogP contribution is 2.47. The standard InChI is InChI=1S/C14H20O/c1-3-4-7-10(2)13-11-8-5-6-9-12(11)14(13)15/h5,8,11-13H,2-4,6-7,9H2,1H3/t11-,12+,13?/m1/s1. The van der Waals surface area contributed by atoms with Crippen LogP contribution in [0.2, 0.25) is 0 Å². The maximum Gasteiger partial charge on any atom is 0.144 e. The largest absolute Gasteiger partial charge is 0.299 e. The maximum atomic E-state index is 11.9. The van der Waals surface area contributed by atoms with Gasteiger partial charge in [0.05, 0.1) is 0 Å². The summed E-state index contributed by atoms with van der Waals surface area (Å²) in [5.74, 6) is 1.46. The second-order valence-corrected chi connectivity index (χ2v) is 4.83. The molecule has 1 fully saturated rings. The average molecular weight is 204 g/mol. The van der Waals surface area contributed by atoms with Gasteiger partial charge in [-0.2, -0.15) is 0 Å². The smallest absolute Gasteiger partial charge is 0.144 e. The summed E-state index contributed by atoms with van der Waals surface area (Å²) in [6.45, 7) is 6.28. The number of ketones is 1. The second kappa shape index (κ2) is 4.34. The molecule has 1 nitrogen and oxygen atoms in total. The molecular formula is C14H20O. The van der Waals surface area contributed by atoms with Gasteiger partial charge in [-0.25, -0.2) is 0 Å². The molecule has 1 unspecified atom stereocenters. The van der Waals surface area contributed by atoms with Crippen molar-refractivity contribution in [2.45, 2.75) is 39.0 Å². The summed E-state index contributed by atoms with van der Waals surface area (Å²) >= 11 is 0. The highest BCUT2D eigenvalue weighted by molar-refractivity contribution is 5.93. The summed E-state index contributed by atoms with van der Waals surface area (Å²) < 4.78 is 0. The van der Waals surface area contributed by atoms with E-state index in [-0.39, 0.29) is 5.92 Å². The Balaban J connectivity index is 1.98. The van der Waals surface area contributed by atoms with Gasteiger partial charge in [-0.05, 0) is 31.6 Å². The number of Topliss-reactive ketones (excluding diaryl/α,β-unsaturated/α-hetero) is 1. The van der Waals surface area contributed by atoms with Crippen molar-refractivity contribution in [1.82, 2.24) is 0 Å². The van der Waals surface area contributed by atoms with Crippen molar-refractivity contribution in [3.8, 4) is 0 Å². The number of fused-ring (bicyclic) bond motifs is 1. The van der Waals surface area contributed by atoms with Gasteiger partial charge in [0, 0.05) is 11.8 Å². The zero-order chi connectivity index (χ0) is 10.8. The van der Waals surface area contributed by atoms with Gasteiger partial charge in [-0.3, -0.25) is 4.79 Å². The molecule has 0 aromatic rings. The van der Waals surface area contributed by atoms with Crippen molar-refractivity contribution in [3.63, 3.8) is 0 Å². The molecule has 0 aromatic heterocycles. The Labute approximate surface area is 92.3 Å². The molecule has 3 atom stereocenters. The first-order valence-electron chi connectivity index (χ1n) is 6.13. The third kappa shape index (κ3) is 1.80. The van der Waals surface area contributed by atoms with E-state index in [9.17, 15) is 4.79 Å². The van der Waals surface area contributed by atoms with Crippen LogP contribution in [0.3, 0.4) is 0 Å². The van der Waals surface area contributed by atoms with Crippen molar-refractivity contribution >= 4 is 5.78 Å². The van der Waals surface area contributed by atoms with Crippen LogP contribution in [-0.2, 0) is 4.79 Å². The van der Waals surface area contributed by atoms with Gasteiger partial charge in [0.15, 0.2) is 0 Å². The summed E-state index contributed by atoms with van der Waals surface area (Å²) in [6, 6.07) is 0. The summed E-state index contributed by atoms with van der Waals surface area (Å²) in [6.07, 6.45) is 10.0. The van der Waals surface area contributed by atoms with Gasteiger partial charge in [0.25, 0.3) is 0 Å². The molecule has 0 saturated heterocycles. The molecule has 0 N–H and O–H groups in total. The lowest BCUT2D eigenvalue weighted by molar-refractivity contribution is -0.138. The van der Waals surface area contributed by atoms with Gasteiger partial charge in [-0.15, -0.1) is 0 Å². The Morgan fingerprint density at radius 2 is 2.40 bits per heavy atom. The van der Waals surface area contributed by atoms with Crippen LogP contribution in [0.4, 0.5) is 0 Å². The molecule has 0 amide bonds. The number of carbonyl (C=O) groups is 1. The fourth-order valence-corrected chi connectivity index (χ4v) is 2.87. The summed E-state index contributed by atoms with van der Waals surface area (Å²) in [4.78, 5) is 11.9. The molecule has 0 heterocycles. The Bertz CT molecular complexity index is 300. The fraction of sp³-hybridized carbons (Fsp3) is 0.643. The molecule has 15 heavy (non-hydrogen) atoms. The molecule has 0 aliphatic heterocycles. The van der Waals surface area contributed by atoms with Crippen LogP contribution in [0.5, 0.6) is 0 Å². The van der Waals surface area contributed by atoms with Crippen molar-refractivity contribution < 1.29 is 4.79 Å². The lowest BCUT2D eigenvalue weighted by Gasteiger charge is -2.44. The van der Waals surface area contributed by atoms with Crippen LogP contribution in [0, 0.1) is 17.8 Å². The van der Waals surface area contributed by atoms with E-state index < -0.39 is 0 Å². The quantitative estimate of drug-likeness (QED) is 0.640. The van der Waals surface area contributed by atoms with E-state index in [1.165, 1.54) is 18.4 Å². The third-order valence-electron chi connectivity index (χ3n) is 3.82. The van der Waals surface area contributed by atoms with Crippen LogP contribution in [0.15, 0.2) is 24.3 Å². The number of rotatable bonds is 4. The van der Waals surface area contributed by atoms with Crippen LogP contribution in [-0.4, -0.2) is 5.78 Å². The maximum absolute atomic E-state index is 11.9. The minimum atomic E-state index is 0.165. The zero-order valence-electron chi connectivity index (χ0n) is 9.54. The number of hydrogen-bond donors (Lipinski definition) is 0. The van der Waals surface area contributed by atoms with Crippen LogP contribution in [0.25, 0.3) is 0 Å². The Kier molecular flexibility index (Phi) is 3.08. The lowest BCUT2D eigenvalue weighted by atomic mass is 9.57. The second-order valence-electron chi connectivity index (χ2n) is 4.83. The van der Waals surface area contributed by atoms with E-state index in [4.69, 9.17) is 0 Å². The number of unbranched alkanes of at least 4 members (excludes halogenated alkanes) is 1. The molecule has 82 valence electrons. The van der Waals surface area contributed by atoms with Crippen molar-refractivity contribution in [2.24, 2.45) is 17.8 Å². The van der Waals surface area contributed by atoms with Crippen LogP contribution < -0.4 is 0 Å². The predicted molar refractivity (Wildman–Crippen MR) is 62.5 cm³/mol. The van der Waals surface area contributed by atoms with E-state index in [1.54, 1.807) is 0 Å². The fourth-order valence-electron chi connectivity index (χ4n) is 2.87. The molecular weight excluding hydrogens is 184 g/mol. The van der Waals surface area contributed by atoms with E-state index in [0.29, 0.717) is 17.6 Å². The predicted octanol–water partition coefficient (Wildman–Crippen LogP) is 3.51. The van der Waals surface area contributed by atoms with Gasteiger partial charge in [0.2, 0.25) is 0 Å². The normalized spacial score (nSPS) is 33.4. The molecule has 2 aliphatic rings. The van der Waals surface area contributed by atoms with Crippen LogP contribution in [0.1, 0.15) is 39.0 Å². The molecule has 2 rings (SSSR count). The molecule has 0 radical (unpaired) electrons.